The summed E-state index contributed by atoms with van der Waals surface area (Å²) >= 11 is 0. The predicted molar refractivity (Wildman–Crippen MR) is 96.1 cm³/mol. The summed E-state index contributed by atoms with van der Waals surface area (Å²) < 4.78 is 10.6. The SMILES string of the molecule is CCCC[C@@]12CCCC=C(C)[C@]1(O)c1ccc(OCOC)cc1C2. The van der Waals surface area contributed by atoms with Gasteiger partial charge in [-0.1, -0.05) is 31.9 Å². The van der Waals surface area contributed by atoms with Crippen LogP contribution < -0.4 is 4.74 Å². The molecule has 3 heteroatoms. The van der Waals surface area contributed by atoms with Crippen molar-refractivity contribution in [3.63, 3.8) is 0 Å². The van der Waals surface area contributed by atoms with E-state index in [1.54, 1.807) is 7.11 Å². The standard InChI is InChI=1S/C21H30O3/c1-4-5-11-20-12-7-6-8-16(2)21(20,22)19-10-9-18(24-15-23-3)13-17(19)14-20/h8-10,13,22H,4-7,11-12,14-15H2,1-3H3/t20-,21-/m0/s1. The van der Waals surface area contributed by atoms with Gasteiger partial charge in [-0.2, -0.15) is 0 Å². The van der Waals surface area contributed by atoms with Gasteiger partial charge in [0, 0.05) is 12.5 Å². The normalized spacial score (nSPS) is 28.8. The molecule has 0 saturated carbocycles. The van der Waals surface area contributed by atoms with E-state index in [4.69, 9.17) is 9.47 Å². The van der Waals surface area contributed by atoms with E-state index >= 15 is 0 Å². The second-order valence-corrected chi connectivity index (χ2v) is 7.42. The molecule has 1 aromatic carbocycles. The number of aliphatic hydroxyl groups is 1. The highest BCUT2D eigenvalue weighted by molar-refractivity contribution is 5.50. The topological polar surface area (TPSA) is 38.7 Å². The number of ether oxygens (including phenoxy) is 2. The molecule has 1 aromatic rings. The van der Waals surface area contributed by atoms with Gasteiger partial charge in [0.1, 0.15) is 11.4 Å². The fourth-order valence-corrected chi connectivity index (χ4v) is 4.78. The van der Waals surface area contributed by atoms with Gasteiger partial charge in [0.15, 0.2) is 6.79 Å². The Bertz CT molecular complexity index is 622. The molecule has 0 amide bonds. The Kier molecular flexibility index (Phi) is 5.03. The van der Waals surface area contributed by atoms with E-state index in [0.717, 1.165) is 55.4 Å². The smallest absolute Gasteiger partial charge is 0.188 e. The van der Waals surface area contributed by atoms with E-state index in [1.807, 2.05) is 6.07 Å². The van der Waals surface area contributed by atoms with Crippen molar-refractivity contribution < 1.29 is 14.6 Å². The summed E-state index contributed by atoms with van der Waals surface area (Å²) in [5.74, 6) is 0.822. The zero-order chi connectivity index (χ0) is 17.2. The summed E-state index contributed by atoms with van der Waals surface area (Å²) in [5.41, 5.74) is 2.55. The molecule has 132 valence electrons. The van der Waals surface area contributed by atoms with Crippen LogP contribution >= 0.6 is 0 Å². The highest BCUT2D eigenvalue weighted by Crippen LogP contribution is 2.60. The molecular weight excluding hydrogens is 300 g/mol. The second-order valence-electron chi connectivity index (χ2n) is 7.42. The summed E-state index contributed by atoms with van der Waals surface area (Å²) in [6, 6.07) is 6.13. The van der Waals surface area contributed by atoms with Crippen molar-refractivity contribution in [2.75, 3.05) is 13.9 Å². The number of fused-ring (bicyclic) bond motifs is 3. The van der Waals surface area contributed by atoms with Crippen LogP contribution in [0.4, 0.5) is 0 Å². The molecule has 0 bridgehead atoms. The van der Waals surface area contributed by atoms with E-state index in [1.165, 1.54) is 12.0 Å². The molecule has 0 radical (unpaired) electrons. The van der Waals surface area contributed by atoms with Gasteiger partial charge in [0.2, 0.25) is 0 Å². The summed E-state index contributed by atoms with van der Waals surface area (Å²) in [4.78, 5) is 0. The maximum Gasteiger partial charge on any atom is 0.188 e. The van der Waals surface area contributed by atoms with Gasteiger partial charge in [-0.15, -0.1) is 0 Å². The molecule has 3 nitrogen and oxygen atoms in total. The number of hydrogen-bond donors (Lipinski definition) is 1. The van der Waals surface area contributed by atoms with Gasteiger partial charge >= 0.3 is 0 Å². The van der Waals surface area contributed by atoms with Crippen LogP contribution in [0.5, 0.6) is 5.75 Å². The Morgan fingerprint density at radius 2 is 2.12 bits per heavy atom. The van der Waals surface area contributed by atoms with Crippen LogP contribution in [-0.4, -0.2) is 19.0 Å². The van der Waals surface area contributed by atoms with Crippen LogP contribution in [0, 0.1) is 5.41 Å². The Hall–Kier alpha value is -1.32. The van der Waals surface area contributed by atoms with Gasteiger partial charge in [-0.25, -0.2) is 0 Å². The lowest BCUT2D eigenvalue weighted by Gasteiger charge is -2.43. The van der Waals surface area contributed by atoms with Gasteiger partial charge in [-0.3, -0.25) is 0 Å². The number of allylic oxidation sites excluding steroid dienone is 1. The van der Waals surface area contributed by atoms with Crippen molar-refractivity contribution in [1.29, 1.82) is 0 Å². The molecular formula is C21H30O3. The monoisotopic (exact) mass is 330 g/mol. The lowest BCUT2D eigenvalue weighted by atomic mass is 9.65. The highest BCUT2D eigenvalue weighted by atomic mass is 16.7. The number of unbranched alkanes of at least 4 members (excludes halogenated alkanes) is 1. The zero-order valence-electron chi connectivity index (χ0n) is 15.2. The molecule has 1 N–H and O–H groups in total. The summed E-state index contributed by atoms with van der Waals surface area (Å²) in [6.45, 7) is 4.59. The van der Waals surface area contributed by atoms with Crippen molar-refractivity contribution in [3.05, 3.63) is 41.0 Å². The quantitative estimate of drug-likeness (QED) is 0.606. The Balaban J connectivity index is 2.04. The largest absolute Gasteiger partial charge is 0.468 e. The first-order valence-corrected chi connectivity index (χ1v) is 9.22. The maximum absolute atomic E-state index is 11.9. The predicted octanol–water partition coefficient (Wildman–Crippen LogP) is 4.72. The molecule has 2 aliphatic rings. The zero-order valence-corrected chi connectivity index (χ0v) is 15.2. The lowest BCUT2D eigenvalue weighted by Crippen LogP contribution is -2.43. The third kappa shape index (κ3) is 2.68. The molecule has 2 atom stereocenters. The van der Waals surface area contributed by atoms with E-state index < -0.39 is 5.60 Å². The Labute approximate surface area is 145 Å². The summed E-state index contributed by atoms with van der Waals surface area (Å²) in [6.07, 6.45) is 9.91. The van der Waals surface area contributed by atoms with Gasteiger partial charge in [0.05, 0.1) is 0 Å². The van der Waals surface area contributed by atoms with Crippen LogP contribution in [0.1, 0.15) is 63.5 Å². The van der Waals surface area contributed by atoms with Gasteiger partial charge in [-0.05, 0) is 67.9 Å². The molecule has 0 unspecified atom stereocenters. The molecule has 2 aliphatic carbocycles. The second kappa shape index (κ2) is 6.89. The minimum Gasteiger partial charge on any atom is -0.468 e. The molecule has 24 heavy (non-hydrogen) atoms. The number of methoxy groups -OCH3 is 1. The van der Waals surface area contributed by atoms with Crippen LogP contribution in [0.25, 0.3) is 0 Å². The van der Waals surface area contributed by atoms with Crippen LogP contribution in [0.3, 0.4) is 0 Å². The number of benzene rings is 1. The molecule has 0 aromatic heterocycles. The van der Waals surface area contributed by atoms with Crippen LogP contribution in [0.15, 0.2) is 29.8 Å². The van der Waals surface area contributed by atoms with Gasteiger partial charge < -0.3 is 14.6 Å². The average Bonchev–Trinajstić information content (AvgIpc) is 2.77. The first kappa shape index (κ1) is 17.5. The maximum atomic E-state index is 11.9. The van der Waals surface area contributed by atoms with E-state index in [-0.39, 0.29) is 12.2 Å². The lowest BCUT2D eigenvalue weighted by molar-refractivity contribution is -0.0565. The van der Waals surface area contributed by atoms with E-state index in [9.17, 15) is 5.11 Å². The molecule has 0 spiro atoms. The summed E-state index contributed by atoms with van der Waals surface area (Å²) in [7, 11) is 1.63. The van der Waals surface area contributed by atoms with Crippen LogP contribution in [0.2, 0.25) is 0 Å². The minimum absolute atomic E-state index is 0.0672. The van der Waals surface area contributed by atoms with Crippen molar-refractivity contribution >= 4 is 0 Å². The molecule has 0 fully saturated rings. The van der Waals surface area contributed by atoms with Crippen LogP contribution in [-0.2, 0) is 16.8 Å². The van der Waals surface area contributed by atoms with Crippen molar-refractivity contribution in [2.45, 2.75) is 64.4 Å². The summed E-state index contributed by atoms with van der Waals surface area (Å²) in [5, 5.41) is 11.9. The number of hydrogen-bond acceptors (Lipinski definition) is 3. The minimum atomic E-state index is -0.826. The third-order valence-corrected chi connectivity index (χ3v) is 6.00. The fourth-order valence-electron chi connectivity index (χ4n) is 4.78. The first-order chi connectivity index (χ1) is 11.6. The van der Waals surface area contributed by atoms with Gasteiger partial charge in [0.25, 0.3) is 0 Å². The Morgan fingerprint density at radius 3 is 2.88 bits per heavy atom. The molecule has 0 aliphatic heterocycles. The third-order valence-electron chi connectivity index (χ3n) is 6.00. The van der Waals surface area contributed by atoms with Crippen molar-refractivity contribution in [2.24, 2.45) is 5.41 Å². The highest BCUT2D eigenvalue weighted by Gasteiger charge is 2.57. The van der Waals surface area contributed by atoms with Crippen molar-refractivity contribution in [3.8, 4) is 5.75 Å². The first-order valence-electron chi connectivity index (χ1n) is 9.22. The molecule has 0 saturated heterocycles. The fraction of sp³-hybridized carbons (Fsp3) is 0.619. The molecule has 0 heterocycles. The van der Waals surface area contributed by atoms with E-state index in [0.29, 0.717) is 0 Å². The number of rotatable bonds is 6. The van der Waals surface area contributed by atoms with E-state index in [2.05, 4.69) is 32.1 Å². The molecule has 3 rings (SSSR count). The van der Waals surface area contributed by atoms with Crippen molar-refractivity contribution in [1.82, 2.24) is 0 Å². The average molecular weight is 330 g/mol. The Morgan fingerprint density at radius 1 is 1.29 bits per heavy atom.